The second kappa shape index (κ2) is 7.32. The molecule has 0 aromatic carbocycles. The summed E-state index contributed by atoms with van der Waals surface area (Å²) < 4.78 is 5.69. The molecule has 0 spiro atoms. The van der Waals surface area contributed by atoms with Crippen molar-refractivity contribution < 1.29 is 4.42 Å². The van der Waals surface area contributed by atoms with Gasteiger partial charge in [-0.2, -0.15) is 5.10 Å². The monoisotopic (exact) mass is 316 g/mol. The number of rotatable bonds is 6. The molecule has 1 aliphatic heterocycles. The number of nitrogens with one attached hydrogen (secondary N) is 2. The molecule has 126 valence electrons. The third-order valence-corrected chi connectivity index (χ3v) is 4.90. The maximum absolute atomic E-state index is 5.69. The number of piperidine rings is 1. The summed E-state index contributed by atoms with van der Waals surface area (Å²) in [6, 6.07) is 4.54. The Kier molecular flexibility index (Phi) is 5.18. The summed E-state index contributed by atoms with van der Waals surface area (Å²) in [4.78, 5) is 2.60. The molecular formula is C18H28N4O. The highest BCUT2D eigenvalue weighted by Crippen LogP contribution is 2.23. The van der Waals surface area contributed by atoms with Crippen molar-refractivity contribution in [3.05, 3.63) is 29.7 Å². The van der Waals surface area contributed by atoms with E-state index in [-0.39, 0.29) is 0 Å². The Hall–Kier alpha value is -1.59. The van der Waals surface area contributed by atoms with Gasteiger partial charge in [0.2, 0.25) is 0 Å². The summed E-state index contributed by atoms with van der Waals surface area (Å²) in [5.74, 6) is 2.66. The zero-order valence-electron chi connectivity index (χ0n) is 14.4. The minimum atomic E-state index is 0.573. The normalized spacial score (nSPS) is 18.4. The molecule has 1 fully saturated rings. The standard InChI is InChI=1S/C18H28N4O/c1-13-6-8-22(9-7-13)14(2)10-19-11-16-12-20-21-18(16)17-5-4-15(3)23-17/h4-5,12-14,19H,6-11H2,1-3H3,(H,20,21). The number of likely N-dealkylation sites (tertiary alicyclic amines) is 1. The summed E-state index contributed by atoms with van der Waals surface area (Å²) in [6.07, 6.45) is 4.54. The third-order valence-electron chi connectivity index (χ3n) is 4.90. The molecule has 5 heteroatoms. The van der Waals surface area contributed by atoms with E-state index in [2.05, 4.69) is 34.3 Å². The van der Waals surface area contributed by atoms with Gasteiger partial charge in [-0.15, -0.1) is 0 Å². The third kappa shape index (κ3) is 4.03. The topological polar surface area (TPSA) is 57.1 Å². The van der Waals surface area contributed by atoms with Crippen LogP contribution in [0.4, 0.5) is 0 Å². The molecule has 3 rings (SSSR count). The summed E-state index contributed by atoms with van der Waals surface area (Å²) in [7, 11) is 0. The lowest BCUT2D eigenvalue weighted by molar-refractivity contribution is 0.144. The van der Waals surface area contributed by atoms with Gasteiger partial charge in [0, 0.05) is 24.7 Å². The van der Waals surface area contributed by atoms with Crippen LogP contribution in [0, 0.1) is 12.8 Å². The van der Waals surface area contributed by atoms with E-state index in [1.165, 1.54) is 25.9 Å². The van der Waals surface area contributed by atoms with Crippen LogP contribution in [0.3, 0.4) is 0 Å². The van der Waals surface area contributed by atoms with Gasteiger partial charge in [0.15, 0.2) is 5.76 Å². The molecule has 1 aliphatic rings. The van der Waals surface area contributed by atoms with Crippen molar-refractivity contribution in [2.45, 2.75) is 46.2 Å². The van der Waals surface area contributed by atoms with Crippen molar-refractivity contribution in [2.24, 2.45) is 5.92 Å². The molecule has 1 saturated heterocycles. The summed E-state index contributed by atoms with van der Waals surface area (Å²) in [5, 5.41) is 10.8. The molecule has 23 heavy (non-hydrogen) atoms. The first-order valence-electron chi connectivity index (χ1n) is 8.67. The molecule has 0 amide bonds. The van der Waals surface area contributed by atoms with Gasteiger partial charge in [-0.3, -0.25) is 10.00 Å². The number of hydrogen-bond donors (Lipinski definition) is 2. The quantitative estimate of drug-likeness (QED) is 0.859. The number of hydrogen-bond acceptors (Lipinski definition) is 4. The van der Waals surface area contributed by atoms with Gasteiger partial charge in [0.1, 0.15) is 11.5 Å². The fourth-order valence-electron chi connectivity index (χ4n) is 3.24. The zero-order chi connectivity index (χ0) is 16.2. The molecule has 2 aromatic heterocycles. The highest BCUT2D eigenvalue weighted by molar-refractivity contribution is 5.56. The van der Waals surface area contributed by atoms with Crippen molar-refractivity contribution in [3.63, 3.8) is 0 Å². The minimum absolute atomic E-state index is 0.573. The maximum Gasteiger partial charge on any atom is 0.152 e. The lowest BCUT2D eigenvalue weighted by Crippen LogP contribution is -2.44. The molecule has 0 bridgehead atoms. The molecule has 5 nitrogen and oxygen atoms in total. The Bertz CT molecular complexity index is 610. The number of H-pyrrole nitrogens is 1. The lowest BCUT2D eigenvalue weighted by Gasteiger charge is -2.35. The number of aromatic amines is 1. The smallest absolute Gasteiger partial charge is 0.152 e. The first-order chi connectivity index (χ1) is 11.1. The number of aryl methyl sites for hydroxylation is 1. The van der Waals surface area contributed by atoms with Crippen molar-refractivity contribution in [1.82, 2.24) is 20.4 Å². The second-order valence-electron chi connectivity index (χ2n) is 6.88. The van der Waals surface area contributed by atoms with Crippen LogP contribution < -0.4 is 5.32 Å². The van der Waals surface area contributed by atoms with Crippen molar-refractivity contribution >= 4 is 0 Å². The van der Waals surface area contributed by atoms with Crippen LogP contribution >= 0.6 is 0 Å². The largest absolute Gasteiger partial charge is 0.460 e. The number of aromatic nitrogens is 2. The van der Waals surface area contributed by atoms with Crippen LogP contribution in [0.25, 0.3) is 11.5 Å². The van der Waals surface area contributed by atoms with Gasteiger partial charge in [-0.1, -0.05) is 6.92 Å². The molecule has 0 radical (unpaired) electrons. The predicted octanol–water partition coefficient (Wildman–Crippen LogP) is 3.19. The summed E-state index contributed by atoms with van der Waals surface area (Å²) in [5.41, 5.74) is 2.13. The van der Waals surface area contributed by atoms with E-state index in [0.717, 1.165) is 41.8 Å². The molecule has 2 aromatic rings. The average molecular weight is 316 g/mol. The fraction of sp³-hybridized carbons (Fsp3) is 0.611. The van der Waals surface area contributed by atoms with Crippen LogP contribution in [0.2, 0.25) is 0 Å². The van der Waals surface area contributed by atoms with E-state index in [0.29, 0.717) is 6.04 Å². The van der Waals surface area contributed by atoms with Crippen molar-refractivity contribution in [2.75, 3.05) is 19.6 Å². The van der Waals surface area contributed by atoms with Gasteiger partial charge in [-0.05, 0) is 57.8 Å². The van der Waals surface area contributed by atoms with Crippen molar-refractivity contribution in [1.29, 1.82) is 0 Å². The number of nitrogens with zero attached hydrogens (tertiary/aromatic N) is 2. The average Bonchev–Trinajstić information content (AvgIpc) is 3.16. The Morgan fingerprint density at radius 3 is 2.87 bits per heavy atom. The van der Waals surface area contributed by atoms with E-state index >= 15 is 0 Å². The van der Waals surface area contributed by atoms with Gasteiger partial charge < -0.3 is 9.73 Å². The van der Waals surface area contributed by atoms with E-state index in [4.69, 9.17) is 4.42 Å². The molecule has 0 aliphatic carbocycles. The Morgan fingerprint density at radius 1 is 1.39 bits per heavy atom. The maximum atomic E-state index is 5.69. The lowest BCUT2D eigenvalue weighted by atomic mass is 9.98. The van der Waals surface area contributed by atoms with Crippen LogP contribution in [0.15, 0.2) is 22.7 Å². The Balaban J connectivity index is 1.50. The molecule has 1 unspecified atom stereocenters. The second-order valence-corrected chi connectivity index (χ2v) is 6.88. The number of furan rings is 1. The van der Waals surface area contributed by atoms with E-state index in [1.807, 2.05) is 25.3 Å². The molecule has 1 atom stereocenters. The summed E-state index contributed by atoms with van der Waals surface area (Å²) in [6.45, 7) is 10.9. The van der Waals surface area contributed by atoms with E-state index in [1.54, 1.807) is 0 Å². The van der Waals surface area contributed by atoms with Crippen LogP contribution in [0.1, 0.15) is 38.0 Å². The van der Waals surface area contributed by atoms with Crippen LogP contribution in [-0.4, -0.2) is 40.8 Å². The van der Waals surface area contributed by atoms with Gasteiger partial charge in [0.05, 0.1) is 6.20 Å². The molecule has 3 heterocycles. The predicted molar refractivity (Wildman–Crippen MR) is 92.2 cm³/mol. The van der Waals surface area contributed by atoms with Crippen molar-refractivity contribution in [3.8, 4) is 11.5 Å². The van der Waals surface area contributed by atoms with Gasteiger partial charge in [0.25, 0.3) is 0 Å². The SMILES string of the molecule is Cc1ccc(-c2[nH]ncc2CNCC(C)N2CCC(C)CC2)o1. The van der Waals surface area contributed by atoms with Crippen LogP contribution in [-0.2, 0) is 6.54 Å². The first-order valence-corrected chi connectivity index (χ1v) is 8.67. The highest BCUT2D eigenvalue weighted by Gasteiger charge is 2.20. The first kappa shape index (κ1) is 16.3. The Morgan fingerprint density at radius 2 is 2.17 bits per heavy atom. The highest BCUT2D eigenvalue weighted by atomic mass is 16.3. The summed E-state index contributed by atoms with van der Waals surface area (Å²) >= 11 is 0. The molecular weight excluding hydrogens is 288 g/mol. The fourth-order valence-corrected chi connectivity index (χ4v) is 3.24. The molecule has 0 saturated carbocycles. The van der Waals surface area contributed by atoms with E-state index in [9.17, 15) is 0 Å². The minimum Gasteiger partial charge on any atom is -0.460 e. The van der Waals surface area contributed by atoms with E-state index < -0.39 is 0 Å². The zero-order valence-corrected chi connectivity index (χ0v) is 14.4. The molecule has 2 N–H and O–H groups in total. The Labute approximate surface area is 138 Å². The van der Waals surface area contributed by atoms with Gasteiger partial charge >= 0.3 is 0 Å². The van der Waals surface area contributed by atoms with Gasteiger partial charge in [-0.25, -0.2) is 0 Å². The van der Waals surface area contributed by atoms with Crippen LogP contribution in [0.5, 0.6) is 0 Å².